The second-order valence-electron chi connectivity index (χ2n) is 5.26. The fourth-order valence-electron chi connectivity index (χ4n) is 2.47. The zero-order chi connectivity index (χ0) is 15.8. The minimum absolute atomic E-state index is 0. The minimum atomic E-state index is 0. The van der Waals surface area contributed by atoms with Crippen molar-refractivity contribution in [1.29, 1.82) is 0 Å². The zero-order valence-electron chi connectivity index (χ0n) is 13.8. The fourth-order valence-corrected chi connectivity index (χ4v) is 2.47. The maximum absolute atomic E-state index is 12.0. The molecule has 0 heterocycles. The summed E-state index contributed by atoms with van der Waals surface area (Å²) in [7, 11) is 0. The van der Waals surface area contributed by atoms with Crippen LogP contribution in [0.25, 0.3) is 11.1 Å². The number of carbonyl (C=O) groups excluding carboxylic acids is 1. The van der Waals surface area contributed by atoms with Crippen molar-refractivity contribution in [2.24, 2.45) is 0 Å². The highest BCUT2D eigenvalue weighted by Crippen LogP contribution is 2.23. The highest BCUT2D eigenvalue weighted by molar-refractivity contribution is 5.85. The van der Waals surface area contributed by atoms with Crippen LogP contribution in [0.3, 0.4) is 0 Å². The highest BCUT2D eigenvalue weighted by atomic mass is 35.5. The fraction of sp³-hybridized carbons (Fsp3) is 0.316. The van der Waals surface area contributed by atoms with Crippen LogP contribution < -0.4 is 5.32 Å². The van der Waals surface area contributed by atoms with Gasteiger partial charge in [0.25, 0.3) is 0 Å². The molecule has 124 valence electrons. The molecule has 0 bridgehead atoms. The molecule has 0 saturated carbocycles. The molecule has 4 heteroatoms. The number of nitrogens with one attached hydrogen (secondary N) is 1. The summed E-state index contributed by atoms with van der Waals surface area (Å²) >= 11 is 0. The maximum Gasteiger partial charge on any atom is 0.234 e. The van der Waals surface area contributed by atoms with E-state index in [0.29, 0.717) is 13.1 Å². The van der Waals surface area contributed by atoms with Crippen LogP contribution in [0.1, 0.15) is 19.4 Å². The lowest BCUT2D eigenvalue weighted by Gasteiger charge is -2.17. The standard InChI is InChI=1S/C19H24N2O.ClH/c1-3-21(4-2)15-19(22)20-14-17-12-8-9-13-18(17)16-10-6-5-7-11-16;/h5-13H,3-4,14-15H2,1-2H3,(H,20,22);1H. The van der Waals surface area contributed by atoms with Gasteiger partial charge in [0.15, 0.2) is 0 Å². The molecule has 0 atom stereocenters. The van der Waals surface area contributed by atoms with Crippen molar-refractivity contribution >= 4 is 18.3 Å². The van der Waals surface area contributed by atoms with E-state index in [1.165, 1.54) is 11.1 Å². The normalized spacial score (nSPS) is 10.2. The third-order valence-corrected chi connectivity index (χ3v) is 3.84. The van der Waals surface area contributed by atoms with E-state index in [-0.39, 0.29) is 18.3 Å². The van der Waals surface area contributed by atoms with Crippen LogP contribution in [-0.4, -0.2) is 30.4 Å². The number of benzene rings is 2. The molecule has 1 N–H and O–H groups in total. The van der Waals surface area contributed by atoms with Gasteiger partial charge < -0.3 is 5.32 Å². The van der Waals surface area contributed by atoms with E-state index in [2.05, 4.69) is 48.3 Å². The summed E-state index contributed by atoms with van der Waals surface area (Å²) in [5.74, 6) is 0.0755. The molecule has 0 fully saturated rings. The Balaban J connectivity index is 0.00000264. The number of halogens is 1. The van der Waals surface area contributed by atoms with Gasteiger partial charge in [0, 0.05) is 6.54 Å². The van der Waals surface area contributed by atoms with E-state index < -0.39 is 0 Å². The Morgan fingerprint density at radius 2 is 1.57 bits per heavy atom. The van der Waals surface area contributed by atoms with Gasteiger partial charge in [-0.15, -0.1) is 12.4 Å². The SMILES string of the molecule is CCN(CC)CC(=O)NCc1ccccc1-c1ccccc1.Cl. The molecule has 0 unspecified atom stereocenters. The van der Waals surface area contributed by atoms with Crippen molar-refractivity contribution in [3.63, 3.8) is 0 Å². The number of amides is 1. The van der Waals surface area contributed by atoms with Crippen LogP contribution >= 0.6 is 12.4 Å². The molecule has 0 aliphatic carbocycles. The first kappa shape index (κ1) is 19.2. The molecule has 2 rings (SSSR count). The molecule has 0 aromatic heterocycles. The summed E-state index contributed by atoms with van der Waals surface area (Å²) in [5, 5.41) is 3.03. The Kier molecular flexibility index (Phi) is 8.38. The first-order valence-electron chi connectivity index (χ1n) is 7.87. The Hall–Kier alpha value is -1.84. The molecule has 0 radical (unpaired) electrons. The van der Waals surface area contributed by atoms with Crippen LogP contribution in [0.4, 0.5) is 0 Å². The predicted octanol–water partition coefficient (Wildman–Crippen LogP) is 3.73. The summed E-state index contributed by atoms with van der Waals surface area (Å²) in [5.41, 5.74) is 3.49. The Morgan fingerprint density at radius 1 is 0.957 bits per heavy atom. The summed E-state index contributed by atoms with van der Waals surface area (Å²) in [6, 6.07) is 18.5. The molecule has 23 heavy (non-hydrogen) atoms. The summed E-state index contributed by atoms with van der Waals surface area (Å²) in [6.07, 6.45) is 0. The van der Waals surface area contributed by atoms with Gasteiger partial charge in [0.1, 0.15) is 0 Å². The van der Waals surface area contributed by atoms with Crippen molar-refractivity contribution in [3.05, 3.63) is 60.2 Å². The van der Waals surface area contributed by atoms with Crippen molar-refractivity contribution in [2.45, 2.75) is 20.4 Å². The number of hydrogen-bond acceptors (Lipinski definition) is 2. The molecule has 3 nitrogen and oxygen atoms in total. The van der Waals surface area contributed by atoms with Gasteiger partial charge in [-0.1, -0.05) is 68.4 Å². The van der Waals surface area contributed by atoms with E-state index in [9.17, 15) is 4.79 Å². The van der Waals surface area contributed by atoms with Gasteiger partial charge >= 0.3 is 0 Å². The third-order valence-electron chi connectivity index (χ3n) is 3.84. The van der Waals surface area contributed by atoms with Crippen molar-refractivity contribution in [3.8, 4) is 11.1 Å². The number of rotatable bonds is 7. The van der Waals surface area contributed by atoms with Gasteiger partial charge in [0.05, 0.1) is 6.54 Å². The first-order chi connectivity index (χ1) is 10.7. The Morgan fingerprint density at radius 3 is 2.22 bits per heavy atom. The van der Waals surface area contributed by atoms with Crippen molar-refractivity contribution in [1.82, 2.24) is 10.2 Å². The second kappa shape index (κ2) is 10.0. The quantitative estimate of drug-likeness (QED) is 0.837. The van der Waals surface area contributed by atoms with Crippen molar-refractivity contribution < 1.29 is 4.79 Å². The smallest absolute Gasteiger partial charge is 0.234 e. The van der Waals surface area contributed by atoms with E-state index in [1.54, 1.807) is 0 Å². The molecule has 0 aliphatic heterocycles. The molecule has 0 saturated heterocycles. The van der Waals surface area contributed by atoms with E-state index in [1.807, 2.05) is 30.3 Å². The van der Waals surface area contributed by atoms with Gasteiger partial charge in [0.2, 0.25) is 5.91 Å². The largest absolute Gasteiger partial charge is 0.351 e. The lowest BCUT2D eigenvalue weighted by atomic mass is 10.00. The topological polar surface area (TPSA) is 32.3 Å². The van der Waals surface area contributed by atoms with E-state index in [0.717, 1.165) is 18.7 Å². The van der Waals surface area contributed by atoms with Gasteiger partial charge in [-0.25, -0.2) is 0 Å². The molecule has 2 aromatic carbocycles. The number of nitrogens with zero attached hydrogens (tertiary/aromatic N) is 1. The van der Waals surface area contributed by atoms with Crippen LogP contribution in [0.5, 0.6) is 0 Å². The second-order valence-corrected chi connectivity index (χ2v) is 5.26. The third kappa shape index (κ3) is 5.70. The average molecular weight is 333 g/mol. The van der Waals surface area contributed by atoms with Crippen LogP contribution in [0.2, 0.25) is 0 Å². The zero-order valence-corrected chi connectivity index (χ0v) is 14.6. The van der Waals surface area contributed by atoms with Gasteiger partial charge in [-0.2, -0.15) is 0 Å². The first-order valence-corrected chi connectivity index (χ1v) is 7.87. The maximum atomic E-state index is 12.0. The lowest BCUT2D eigenvalue weighted by molar-refractivity contribution is -0.122. The predicted molar refractivity (Wildman–Crippen MR) is 98.8 cm³/mol. The van der Waals surface area contributed by atoms with Gasteiger partial charge in [-0.05, 0) is 29.8 Å². The van der Waals surface area contributed by atoms with Crippen LogP contribution in [0, 0.1) is 0 Å². The number of likely N-dealkylation sites (N-methyl/N-ethyl adjacent to an activating group) is 1. The molecular weight excluding hydrogens is 308 g/mol. The summed E-state index contributed by atoms with van der Waals surface area (Å²) in [4.78, 5) is 14.1. The van der Waals surface area contributed by atoms with E-state index in [4.69, 9.17) is 0 Å². The van der Waals surface area contributed by atoms with Crippen LogP contribution in [-0.2, 0) is 11.3 Å². The monoisotopic (exact) mass is 332 g/mol. The molecule has 1 amide bonds. The average Bonchev–Trinajstić information content (AvgIpc) is 2.59. The summed E-state index contributed by atoms with van der Waals surface area (Å²) < 4.78 is 0. The van der Waals surface area contributed by atoms with Crippen LogP contribution in [0.15, 0.2) is 54.6 Å². The number of carbonyl (C=O) groups is 1. The lowest BCUT2D eigenvalue weighted by Crippen LogP contribution is -2.36. The Labute approximate surface area is 145 Å². The highest BCUT2D eigenvalue weighted by Gasteiger charge is 2.09. The Bertz CT molecular complexity index is 597. The minimum Gasteiger partial charge on any atom is -0.351 e. The molecule has 2 aromatic rings. The molecule has 0 spiro atoms. The summed E-state index contributed by atoms with van der Waals surface area (Å²) in [6.45, 7) is 6.95. The van der Waals surface area contributed by atoms with Crippen molar-refractivity contribution in [2.75, 3.05) is 19.6 Å². The van der Waals surface area contributed by atoms with E-state index >= 15 is 0 Å². The van der Waals surface area contributed by atoms with Gasteiger partial charge in [-0.3, -0.25) is 9.69 Å². The molecule has 0 aliphatic rings. The molecular formula is C19H25ClN2O. The number of hydrogen-bond donors (Lipinski definition) is 1.